The summed E-state index contributed by atoms with van der Waals surface area (Å²) in [6.07, 6.45) is 3.72. The van der Waals surface area contributed by atoms with Gasteiger partial charge in [-0.3, -0.25) is 4.57 Å². The Morgan fingerprint density at radius 1 is 1.37 bits per heavy atom. The summed E-state index contributed by atoms with van der Waals surface area (Å²) < 4.78 is 15.4. The Morgan fingerprint density at radius 2 is 2.19 bits per heavy atom. The summed E-state index contributed by atoms with van der Waals surface area (Å²) in [5.74, 6) is 0.896. The summed E-state index contributed by atoms with van der Waals surface area (Å²) in [7, 11) is 3.89. The molecule has 9 heteroatoms. The lowest BCUT2D eigenvalue weighted by molar-refractivity contribution is 0.604. The fourth-order valence-electron chi connectivity index (χ4n) is 2.53. The quantitative estimate of drug-likeness (QED) is 0.670. The first-order valence-corrected chi connectivity index (χ1v) is 9.21. The molecule has 0 radical (unpaired) electrons. The van der Waals surface area contributed by atoms with Crippen molar-refractivity contribution in [3.8, 4) is 11.1 Å². The highest BCUT2D eigenvalue weighted by atomic mass is 32.1. The van der Waals surface area contributed by atoms with Gasteiger partial charge in [-0.15, -0.1) is 11.3 Å². The van der Waals surface area contributed by atoms with Gasteiger partial charge in [-0.25, -0.2) is 18.9 Å². The number of anilines is 1. The molecule has 3 aromatic rings. The number of pyridine rings is 1. The van der Waals surface area contributed by atoms with Crippen molar-refractivity contribution in [3.63, 3.8) is 0 Å². The van der Waals surface area contributed by atoms with E-state index in [2.05, 4.69) is 10.1 Å². The molecule has 0 saturated heterocycles. The molecule has 0 fully saturated rings. The summed E-state index contributed by atoms with van der Waals surface area (Å²) in [4.78, 5) is 19.8. The van der Waals surface area contributed by atoms with E-state index in [0.717, 1.165) is 21.8 Å². The average Bonchev–Trinajstić information content (AvgIpc) is 3.28. The van der Waals surface area contributed by atoms with Gasteiger partial charge in [-0.2, -0.15) is 5.10 Å². The molecule has 0 aliphatic rings. The second-order valence-electron chi connectivity index (χ2n) is 6.27. The van der Waals surface area contributed by atoms with Crippen molar-refractivity contribution in [1.82, 2.24) is 19.3 Å². The molecule has 3 rings (SSSR count). The molecule has 3 heterocycles. The number of aromatic nitrogens is 4. The Morgan fingerprint density at radius 3 is 2.81 bits per heavy atom. The van der Waals surface area contributed by atoms with E-state index in [4.69, 9.17) is 5.73 Å². The minimum Gasteiger partial charge on any atom is -0.363 e. The fraction of sp³-hybridized carbons (Fsp3) is 0.278. The van der Waals surface area contributed by atoms with Crippen LogP contribution >= 0.6 is 11.3 Å². The predicted octanol–water partition coefficient (Wildman–Crippen LogP) is 2.09. The van der Waals surface area contributed by atoms with E-state index in [1.165, 1.54) is 15.6 Å². The Kier molecular flexibility index (Phi) is 5.82. The molecule has 3 aromatic heterocycles. The minimum atomic E-state index is -0.297. The SMILES string of the molecule is CN(C)c1ccc(-c2csc(Cn3cnn(C/C(=C/F)CN)c3=O)c2)cn1. The van der Waals surface area contributed by atoms with Crippen molar-refractivity contribution in [2.45, 2.75) is 13.1 Å². The maximum Gasteiger partial charge on any atom is 0.346 e. The van der Waals surface area contributed by atoms with Crippen LogP contribution in [-0.2, 0) is 13.1 Å². The molecule has 0 aliphatic carbocycles. The normalized spacial score (nSPS) is 11.8. The molecule has 0 atom stereocenters. The first-order chi connectivity index (χ1) is 13.0. The highest BCUT2D eigenvalue weighted by Crippen LogP contribution is 2.26. The van der Waals surface area contributed by atoms with Gasteiger partial charge in [0.2, 0.25) is 0 Å². The molecule has 2 N–H and O–H groups in total. The summed E-state index contributed by atoms with van der Waals surface area (Å²) in [5, 5.41) is 6.07. The van der Waals surface area contributed by atoms with Gasteiger partial charge in [0, 0.05) is 37.3 Å². The van der Waals surface area contributed by atoms with Gasteiger partial charge in [0.15, 0.2) is 0 Å². The predicted molar refractivity (Wildman–Crippen MR) is 106 cm³/mol. The third kappa shape index (κ3) is 4.32. The van der Waals surface area contributed by atoms with E-state index < -0.39 is 0 Å². The number of hydrogen-bond acceptors (Lipinski definition) is 6. The zero-order chi connectivity index (χ0) is 19.4. The lowest BCUT2D eigenvalue weighted by Crippen LogP contribution is -2.26. The third-order valence-electron chi connectivity index (χ3n) is 4.09. The van der Waals surface area contributed by atoms with Crippen LogP contribution in [-0.4, -0.2) is 40.0 Å². The number of nitrogens with zero attached hydrogens (tertiary/aromatic N) is 5. The average molecular weight is 388 g/mol. The molecule has 0 saturated carbocycles. The monoisotopic (exact) mass is 388 g/mol. The van der Waals surface area contributed by atoms with Crippen LogP contribution in [0.4, 0.5) is 10.2 Å². The smallest absolute Gasteiger partial charge is 0.346 e. The molecule has 7 nitrogen and oxygen atoms in total. The van der Waals surface area contributed by atoms with Gasteiger partial charge in [0.25, 0.3) is 0 Å². The van der Waals surface area contributed by atoms with E-state index in [1.807, 2.05) is 48.8 Å². The lowest BCUT2D eigenvalue weighted by atomic mass is 10.1. The number of nitrogens with two attached hydrogens (primary N) is 1. The van der Waals surface area contributed by atoms with Gasteiger partial charge >= 0.3 is 5.69 Å². The summed E-state index contributed by atoms with van der Waals surface area (Å²) in [6.45, 7) is 0.507. The Labute approximate surface area is 160 Å². The Bertz CT molecular complexity index is 986. The number of rotatable bonds is 7. The molecule has 0 spiro atoms. The van der Waals surface area contributed by atoms with Crippen LogP contribution in [0.2, 0.25) is 0 Å². The van der Waals surface area contributed by atoms with E-state index in [0.29, 0.717) is 18.4 Å². The van der Waals surface area contributed by atoms with Crippen molar-refractivity contribution in [2.24, 2.45) is 5.73 Å². The van der Waals surface area contributed by atoms with Crippen LogP contribution in [0.15, 0.2) is 52.8 Å². The van der Waals surface area contributed by atoms with Gasteiger partial charge in [-0.1, -0.05) is 0 Å². The first kappa shape index (κ1) is 19.0. The Hall–Kier alpha value is -2.78. The molecule has 0 aliphatic heterocycles. The van der Waals surface area contributed by atoms with Crippen molar-refractivity contribution < 1.29 is 4.39 Å². The van der Waals surface area contributed by atoms with Crippen molar-refractivity contribution in [3.05, 3.63) is 63.4 Å². The lowest BCUT2D eigenvalue weighted by Gasteiger charge is -2.10. The van der Waals surface area contributed by atoms with Crippen LogP contribution in [0.1, 0.15) is 4.88 Å². The number of halogens is 1. The number of thiophene rings is 1. The molecule has 0 unspecified atom stereocenters. The maximum atomic E-state index is 12.7. The molecular weight excluding hydrogens is 367 g/mol. The standard InChI is InChI=1S/C18H21FN6OS/c1-23(2)17-4-3-14(8-21-17)15-5-16(27-11-15)10-24-12-22-25(18(24)26)9-13(6-19)7-20/h3-6,8,11-12H,7,9-10,20H2,1-2H3/b13-6+. The topological polar surface area (TPSA) is 82.0 Å². The first-order valence-electron chi connectivity index (χ1n) is 8.33. The number of hydrogen-bond donors (Lipinski definition) is 1. The largest absolute Gasteiger partial charge is 0.363 e. The van der Waals surface area contributed by atoms with Crippen LogP contribution in [0.5, 0.6) is 0 Å². The second-order valence-corrected chi connectivity index (χ2v) is 7.27. The van der Waals surface area contributed by atoms with Crippen LogP contribution < -0.4 is 16.3 Å². The summed E-state index contributed by atoms with van der Waals surface area (Å²) in [5.41, 5.74) is 7.52. The highest BCUT2D eigenvalue weighted by molar-refractivity contribution is 7.10. The molecule has 0 aromatic carbocycles. The van der Waals surface area contributed by atoms with Crippen molar-refractivity contribution >= 4 is 17.2 Å². The van der Waals surface area contributed by atoms with E-state index in [1.54, 1.807) is 11.3 Å². The van der Waals surface area contributed by atoms with E-state index in [-0.39, 0.29) is 18.8 Å². The Balaban J connectivity index is 1.74. The molecular formula is C18H21FN6OS. The van der Waals surface area contributed by atoms with Crippen molar-refractivity contribution in [2.75, 3.05) is 25.5 Å². The fourth-order valence-corrected chi connectivity index (χ4v) is 3.42. The molecule has 27 heavy (non-hydrogen) atoms. The van der Waals surface area contributed by atoms with Gasteiger partial charge in [0.1, 0.15) is 12.1 Å². The van der Waals surface area contributed by atoms with Gasteiger partial charge in [0.05, 0.1) is 19.4 Å². The van der Waals surface area contributed by atoms with Crippen molar-refractivity contribution in [1.29, 1.82) is 0 Å². The summed E-state index contributed by atoms with van der Waals surface area (Å²) in [6, 6.07) is 6.03. The van der Waals surface area contributed by atoms with E-state index >= 15 is 0 Å². The van der Waals surface area contributed by atoms with Crippen LogP contribution in [0, 0.1) is 0 Å². The van der Waals surface area contributed by atoms with Gasteiger partial charge < -0.3 is 10.6 Å². The zero-order valence-electron chi connectivity index (χ0n) is 15.2. The molecule has 142 valence electrons. The minimum absolute atomic E-state index is 0.0464. The van der Waals surface area contributed by atoms with E-state index in [9.17, 15) is 9.18 Å². The second kappa shape index (κ2) is 8.28. The summed E-state index contributed by atoms with van der Waals surface area (Å²) >= 11 is 1.56. The third-order valence-corrected chi connectivity index (χ3v) is 5.01. The molecule has 0 amide bonds. The van der Waals surface area contributed by atoms with Crippen LogP contribution in [0.25, 0.3) is 11.1 Å². The zero-order valence-corrected chi connectivity index (χ0v) is 16.0. The maximum absolute atomic E-state index is 12.7. The van der Waals surface area contributed by atoms with Crippen LogP contribution in [0.3, 0.4) is 0 Å². The molecule has 0 bridgehead atoms. The van der Waals surface area contributed by atoms with Gasteiger partial charge in [-0.05, 0) is 34.7 Å². The highest BCUT2D eigenvalue weighted by Gasteiger charge is 2.10.